The van der Waals surface area contributed by atoms with Crippen LogP contribution in [-0.4, -0.2) is 25.8 Å². The average molecular weight is 245 g/mol. The minimum Gasteiger partial charge on any atom is -0.379 e. The molecule has 0 amide bonds. The second-order valence-electron chi connectivity index (χ2n) is 4.47. The number of hydrogen-bond acceptors (Lipinski definition) is 2. The first kappa shape index (κ1) is 14.8. The number of hydrogen-bond donors (Lipinski definition) is 1. The van der Waals surface area contributed by atoms with Crippen molar-refractivity contribution >= 4 is 0 Å². The minimum absolute atomic E-state index is 0.342. The summed E-state index contributed by atoms with van der Waals surface area (Å²) in [5, 5.41) is 3.31. The Hall–Kier alpha value is -1.30. The van der Waals surface area contributed by atoms with Crippen LogP contribution < -0.4 is 5.32 Å². The fourth-order valence-electron chi connectivity index (χ4n) is 1.49. The minimum atomic E-state index is 0.342. The lowest BCUT2D eigenvalue weighted by molar-refractivity contribution is 0.0761. The lowest BCUT2D eigenvalue weighted by Crippen LogP contribution is -2.16. The molecule has 1 rings (SSSR count). The average Bonchev–Trinajstić information content (AvgIpc) is 2.37. The molecule has 0 radical (unpaired) electrons. The summed E-state index contributed by atoms with van der Waals surface area (Å²) in [5.74, 6) is 6.24. The van der Waals surface area contributed by atoms with Gasteiger partial charge in [-0.25, -0.2) is 0 Å². The first-order valence-corrected chi connectivity index (χ1v) is 6.65. The van der Waals surface area contributed by atoms with Gasteiger partial charge >= 0.3 is 0 Å². The maximum absolute atomic E-state index is 5.47. The van der Waals surface area contributed by atoms with Crippen molar-refractivity contribution in [3.63, 3.8) is 0 Å². The topological polar surface area (TPSA) is 21.3 Å². The van der Waals surface area contributed by atoms with Crippen molar-refractivity contribution in [1.82, 2.24) is 5.32 Å². The van der Waals surface area contributed by atoms with Crippen molar-refractivity contribution in [1.29, 1.82) is 0 Å². The first-order chi connectivity index (χ1) is 8.79. The summed E-state index contributed by atoms with van der Waals surface area (Å²) < 4.78 is 5.47. The Kier molecular flexibility index (Phi) is 7.96. The van der Waals surface area contributed by atoms with Gasteiger partial charge in [-0.1, -0.05) is 30.0 Å². The third-order valence-corrected chi connectivity index (χ3v) is 2.42. The third-order valence-electron chi connectivity index (χ3n) is 2.42. The summed E-state index contributed by atoms with van der Waals surface area (Å²) in [5.41, 5.74) is 1.07. The number of unbranched alkanes of at least 4 members (excludes halogenated alkanes) is 1. The normalized spacial score (nSPS) is 10.2. The highest BCUT2D eigenvalue weighted by Gasteiger charge is 1.92. The fourth-order valence-corrected chi connectivity index (χ4v) is 1.49. The maximum atomic E-state index is 5.47. The molecule has 0 atom stereocenters. The van der Waals surface area contributed by atoms with E-state index in [1.807, 2.05) is 30.3 Å². The molecule has 1 aromatic carbocycles. The smallest absolute Gasteiger partial charge is 0.0580 e. The van der Waals surface area contributed by atoms with Gasteiger partial charge in [0.15, 0.2) is 0 Å². The summed E-state index contributed by atoms with van der Waals surface area (Å²) >= 11 is 0. The van der Waals surface area contributed by atoms with Crippen molar-refractivity contribution in [2.45, 2.75) is 32.8 Å². The van der Waals surface area contributed by atoms with Gasteiger partial charge in [0.1, 0.15) is 0 Å². The highest BCUT2D eigenvalue weighted by molar-refractivity contribution is 5.33. The van der Waals surface area contributed by atoms with E-state index in [0.717, 1.165) is 38.1 Å². The Morgan fingerprint density at radius 3 is 2.67 bits per heavy atom. The molecule has 0 spiro atoms. The van der Waals surface area contributed by atoms with E-state index in [1.54, 1.807) is 0 Å². The highest BCUT2D eigenvalue weighted by atomic mass is 16.5. The van der Waals surface area contributed by atoms with E-state index in [-0.39, 0.29) is 0 Å². The summed E-state index contributed by atoms with van der Waals surface area (Å²) in [6, 6.07) is 10.1. The van der Waals surface area contributed by atoms with Crippen LogP contribution in [0.15, 0.2) is 30.3 Å². The predicted molar refractivity (Wildman–Crippen MR) is 76.5 cm³/mol. The van der Waals surface area contributed by atoms with E-state index in [4.69, 9.17) is 4.74 Å². The number of benzene rings is 1. The van der Waals surface area contributed by atoms with E-state index in [2.05, 4.69) is 31.0 Å². The second kappa shape index (κ2) is 9.70. The summed E-state index contributed by atoms with van der Waals surface area (Å²) in [4.78, 5) is 0. The zero-order valence-corrected chi connectivity index (χ0v) is 11.4. The van der Waals surface area contributed by atoms with Crippen molar-refractivity contribution in [3.8, 4) is 11.8 Å². The molecular formula is C16H23NO. The molecule has 0 saturated carbocycles. The molecule has 98 valence electrons. The van der Waals surface area contributed by atoms with E-state index in [1.165, 1.54) is 0 Å². The first-order valence-electron chi connectivity index (χ1n) is 6.65. The van der Waals surface area contributed by atoms with Gasteiger partial charge in [0.05, 0.1) is 12.6 Å². The zero-order valence-electron chi connectivity index (χ0n) is 11.4. The van der Waals surface area contributed by atoms with Gasteiger partial charge in [-0.15, -0.1) is 0 Å². The van der Waals surface area contributed by atoms with E-state index >= 15 is 0 Å². The van der Waals surface area contributed by atoms with Crippen LogP contribution in [-0.2, 0) is 4.74 Å². The molecule has 18 heavy (non-hydrogen) atoms. The van der Waals surface area contributed by atoms with Crippen LogP contribution >= 0.6 is 0 Å². The Morgan fingerprint density at radius 1 is 1.17 bits per heavy atom. The molecule has 0 saturated heterocycles. The fraction of sp³-hybridized carbons (Fsp3) is 0.500. The van der Waals surface area contributed by atoms with Crippen LogP contribution in [0.3, 0.4) is 0 Å². The Bertz CT molecular complexity index is 362. The van der Waals surface area contributed by atoms with E-state index < -0.39 is 0 Å². The standard InChI is InChI=1S/C16H23NO/c1-15(2)18-14-7-6-12-17-13-8-11-16-9-4-3-5-10-16/h3-5,9-10,15,17H,6-7,12-14H2,1-2H3. The zero-order chi connectivity index (χ0) is 13.1. The molecule has 0 aliphatic rings. The maximum Gasteiger partial charge on any atom is 0.0580 e. The quantitative estimate of drug-likeness (QED) is 0.589. The van der Waals surface area contributed by atoms with Crippen LogP contribution in [0.25, 0.3) is 0 Å². The van der Waals surface area contributed by atoms with Gasteiger partial charge in [0.25, 0.3) is 0 Å². The van der Waals surface area contributed by atoms with Crippen LogP contribution in [0.1, 0.15) is 32.3 Å². The molecule has 0 unspecified atom stereocenters. The number of nitrogens with one attached hydrogen (secondary N) is 1. The van der Waals surface area contributed by atoms with Crippen LogP contribution in [0.4, 0.5) is 0 Å². The number of ether oxygens (including phenoxy) is 1. The molecule has 0 aliphatic heterocycles. The monoisotopic (exact) mass is 245 g/mol. The van der Waals surface area contributed by atoms with E-state index in [0.29, 0.717) is 6.10 Å². The molecule has 0 bridgehead atoms. The molecule has 2 heteroatoms. The predicted octanol–water partition coefficient (Wildman–Crippen LogP) is 2.83. The van der Waals surface area contributed by atoms with Crippen molar-refractivity contribution in [2.24, 2.45) is 0 Å². The lowest BCUT2D eigenvalue weighted by Gasteiger charge is -2.06. The summed E-state index contributed by atoms with van der Waals surface area (Å²) in [7, 11) is 0. The van der Waals surface area contributed by atoms with E-state index in [9.17, 15) is 0 Å². The van der Waals surface area contributed by atoms with Gasteiger partial charge in [-0.05, 0) is 45.4 Å². The van der Waals surface area contributed by atoms with Crippen molar-refractivity contribution < 1.29 is 4.74 Å². The Balaban J connectivity index is 1.98. The molecule has 0 aliphatic carbocycles. The van der Waals surface area contributed by atoms with Crippen LogP contribution in [0.5, 0.6) is 0 Å². The van der Waals surface area contributed by atoms with Gasteiger partial charge in [0.2, 0.25) is 0 Å². The molecule has 0 aromatic heterocycles. The van der Waals surface area contributed by atoms with Gasteiger partial charge < -0.3 is 10.1 Å². The van der Waals surface area contributed by atoms with Crippen molar-refractivity contribution in [2.75, 3.05) is 19.7 Å². The van der Waals surface area contributed by atoms with Gasteiger partial charge in [0, 0.05) is 12.2 Å². The van der Waals surface area contributed by atoms with Crippen LogP contribution in [0, 0.1) is 11.8 Å². The van der Waals surface area contributed by atoms with Crippen LogP contribution in [0.2, 0.25) is 0 Å². The highest BCUT2D eigenvalue weighted by Crippen LogP contribution is 1.94. The lowest BCUT2D eigenvalue weighted by atomic mass is 10.2. The number of rotatable bonds is 7. The third kappa shape index (κ3) is 7.89. The Labute approximate surface area is 111 Å². The molecule has 0 heterocycles. The SMILES string of the molecule is CC(C)OCCCCNCC#Cc1ccccc1. The second-order valence-corrected chi connectivity index (χ2v) is 4.47. The largest absolute Gasteiger partial charge is 0.379 e. The molecule has 1 aromatic rings. The van der Waals surface area contributed by atoms with Gasteiger partial charge in [-0.2, -0.15) is 0 Å². The molecule has 1 N–H and O–H groups in total. The molecule has 2 nitrogen and oxygen atoms in total. The molecular weight excluding hydrogens is 222 g/mol. The summed E-state index contributed by atoms with van der Waals surface area (Å²) in [6.07, 6.45) is 2.59. The molecule has 0 fully saturated rings. The Morgan fingerprint density at radius 2 is 1.94 bits per heavy atom. The van der Waals surface area contributed by atoms with Crippen molar-refractivity contribution in [3.05, 3.63) is 35.9 Å². The van der Waals surface area contributed by atoms with Gasteiger partial charge in [-0.3, -0.25) is 0 Å². The summed E-state index contributed by atoms with van der Waals surface area (Å²) in [6.45, 7) is 6.74.